The van der Waals surface area contributed by atoms with Gasteiger partial charge in [-0.2, -0.15) is 0 Å². The van der Waals surface area contributed by atoms with Crippen LogP contribution in [0.25, 0.3) is 6.08 Å². The Hall–Kier alpha value is -3.35. The van der Waals surface area contributed by atoms with Gasteiger partial charge in [-0.3, -0.25) is 14.2 Å². The number of methoxy groups -OCH3 is 2. The highest BCUT2D eigenvalue weighted by molar-refractivity contribution is 9.10. The highest BCUT2D eigenvalue weighted by atomic mass is 79.9. The van der Waals surface area contributed by atoms with E-state index in [2.05, 4.69) is 20.8 Å². The summed E-state index contributed by atoms with van der Waals surface area (Å²) in [5.41, 5.74) is 1.34. The van der Waals surface area contributed by atoms with Crippen molar-refractivity contribution in [2.75, 3.05) is 58.5 Å². The van der Waals surface area contributed by atoms with E-state index in [-0.39, 0.29) is 11.5 Å². The van der Waals surface area contributed by atoms with Gasteiger partial charge >= 0.3 is 0 Å². The molecule has 0 spiro atoms. The van der Waals surface area contributed by atoms with Crippen molar-refractivity contribution in [3.8, 4) is 11.5 Å². The van der Waals surface area contributed by atoms with E-state index < -0.39 is 6.04 Å². The third-order valence-electron chi connectivity index (χ3n) is 7.29. The Morgan fingerprint density at radius 2 is 1.93 bits per heavy atom. The number of ether oxygens (including phenoxy) is 3. The van der Waals surface area contributed by atoms with E-state index in [1.54, 1.807) is 41.9 Å². The minimum absolute atomic E-state index is 0.175. The van der Waals surface area contributed by atoms with E-state index in [9.17, 15) is 9.59 Å². The summed E-state index contributed by atoms with van der Waals surface area (Å²) in [5.74, 6) is 2.19. The molecule has 0 saturated carbocycles. The molecule has 1 atom stereocenters. The van der Waals surface area contributed by atoms with Crippen LogP contribution in [0.4, 0.5) is 5.88 Å². The molecule has 3 aromatic rings. The molecule has 218 valence electrons. The summed E-state index contributed by atoms with van der Waals surface area (Å²) in [6, 6.07) is 6.47. The number of morpholine rings is 1. The average molecular weight is 646 g/mol. The Kier molecular flexibility index (Phi) is 8.71. The Morgan fingerprint density at radius 3 is 2.59 bits per heavy atom. The number of benzene rings is 1. The average Bonchev–Trinajstić information content (AvgIpc) is 3.50. The van der Waals surface area contributed by atoms with E-state index in [0.717, 1.165) is 17.6 Å². The molecule has 0 unspecified atom stereocenters. The summed E-state index contributed by atoms with van der Waals surface area (Å²) in [6.45, 7) is 9.42. The number of thiazole rings is 1. The second kappa shape index (κ2) is 12.3. The van der Waals surface area contributed by atoms with Crippen molar-refractivity contribution in [2.24, 2.45) is 4.99 Å². The van der Waals surface area contributed by atoms with Crippen molar-refractivity contribution in [1.82, 2.24) is 9.47 Å². The molecule has 1 saturated heterocycles. The van der Waals surface area contributed by atoms with Crippen LogP contribution in [-0.4, -0.2) is 69.0 Å². The molecule has 4 heterocycles. The van der Waals surface area contributed by atoms with Crippen molar-refractivity contribution in [3.63, 3.8) is 0 Å². The van der Waals surface area contributed by atoms with E-state index in [1.807, 2.05) is 32.9 Å². The number of fused-ring (bicyclic) bond motifs is 1. The first kappa shape index (κ1) is 29.2. The Bertz CT molecular complexity index is 1660. The Balaban J connectivity index is 1.69. The number of likely N-dealkylation sites (N-methyl/N-ethyl adjacent to an activating group) is 1. The molecule has 41 heavy (non-hydrogen) atoms. The smallest absolute Gasteiger partial charge is 0.271 e. The van der Waals surface area contributed by atoms with E-state index >= 15 is 0 Å². The fourth-order valence-electron chi connectivity index (χ4n) is 5.18. The third-order valence-corrected chi connectivity index (χ3v) is 8.84. The number of amides is 1. The van der Waals surface area contributed by atoms with Crippen molar-refractivity contribution in [2.45, 2.75) is 26.8 Å². The minimum Gasteiger partial charge on any atom is -0.497 e. The first-order chi connectivity index (χ1) is 19.8. The summed E-state index contributed by atoms with van der Waals surface area (Å²) >= 11 is 4.86. The van der Waals surface area contributed by atoms with Crippen LogP contribution in [0.2, 0.25) is 0 Å². The monoisotopic (exact) mass is 644 g/mol. The molecule has 1 fully saturated rings. The van der Waals surface area contributed by atoms with Crippen LogP contribution in [0.15, 0.2) is 54.2 Å². The number of rotatable bonds is 8. The second-order valence-electron chi connectivity index (χ2n) is 9.57. The Morgan fingerprint density at radius 1 is 1.20 bits per heavy atom. The molecule has 2 aromatic heterocycles. The van der Waals surface area contributed by atoms with Crippen LogP contribution in [0.1, 0.15) is 38.1 Å². The summed E-state index contributed by atoms with van der Waals surface area (Å²) in [7, 11) is 3.14. The number of aromatic nitrogens is 1. The zero-order chi connectivity index (χ0) is 29.3. The van der Waals surface area contributed by atoms with Gasteiger partial charge in [0, 0.05) is 43.9 Å². The predicted molar refractivity (Wildman–Crippen MR) is 161 cm³/mol. The normalized spacial score (nSPS) is 17.4. The van der Waals surface area contributed by atoms with Crippen LogP contribution in [0.5, 0.6) is 11.5 Å². The van der Waals surface area contributed by atoms with Gasteiger partial charge in [0.05, 0.1) is 47.7 Å². The topological polar surface area (TPSA) is 98.7 Å². The zero-order valence-corrected chi connectivity index (χ0v) is 26.1. The van der Waals surface area contributed by atoms with Gasteiger partial charge in [0.1, 0.15) is 23.3 Å². The van der Waals surface area contributed by atoms with Gasteiger partial charge in [-0.15, -0.1) is 0 Å². The lowest BCUT2D eigenvalue weighted by Gasteiger charge is -2.30. The molecule has 0 N–H and O–H groups in total. The number of nitrogens with zero attached hydrogens (tertiary/aromatic N) is 4. The quantitative estimate of drug-likeness (QED) is 0.371. The predicted octanol–water partition coefficient (Wildman–Crippen LogP) is 3.31. The van der Waals surface area contributed by atoms with Gasteiger partial charge in [-0.25, -0.2) is 4.99 Å². The molecule has 0 aliphatic carbocycles. The first-order valence-electron chi connectivity index (χ1n) is 13.5. The molecule has 1 amide bonds. The molecule has 0 bridgehead atoms. The fourth-order valence-corrected chi connectivity index (χ4v) is 6.77. The van der Waals surface area contributed by atoms with Crippen LogP contribution in [0.3, 0.4) is 0 Å². The van der Waals surface area contributed by atoms with Crippen molar-refractivity contribution < 1.29 is 23.4 Å². The minimum atomic E-state index is -0.765. The van der Waals surface area contributed by atoms with E-state index in [4.69, 9.17) is 23.6 Å². The molecule has 0 radical (unpaired) electrons. The van der Waals surface area contributed by atoms with Gasteiger partial charge < -0.3 is 28.4 Å². The van der Waals surface area contributed by atoms with Crippen LogP contribution in [-0.2, 0) is 9.53 Å². The molecule has 1 aromatic carbocycles. The maximum Gasteiger partial charge on any atom is 0.271 e. The number of halogens is 1. The molecular formula is C29H33BrN4O6S. The lowest BCUT2D eigenvalue weighted by atomic mass is 9.93. The SMILES string of the molecule is CCN(CC)C(=O)C1=C(C)N=c2s/c(=C/c3cc(Br)c(N4CCOCC4)o3)c(=O)n2[C@H]1c1cc(OC)ccc1OC. The third kappa shape index (κ3) is 5.47. The van der Waals surface area contributed by atoms with Gasteiger partial charge in [0.15, 0.2) is 4.80 Å². The molecular weight excluding hydrogens is 612 g/mol. The highest BCUT2D eigenvalue weighted by Gasteiger charge is 2.36. The summed E-state index contributed by atoms with van der Waals surface area (Å²) in [4.78, 5) is 37.1. The first-order valence-corrected chi connectivity index (χ1v) is 15.1. The van der Waals surface area contributed by atoms with Gasteiger partial charge in [-0.1, -0.05) is 11.3 Å². The summed E-state index contributed by atoms with van der Waals surface area (Å²) < 4.78 is 25.7. The number of hydrogen-bond donors (Lipinski definition) is 0. The highest BCUT2D eigenvalue weighted by Crippen LogP contribution is 2.38. The number of allylic oxidation sites excluding steroid dienone is 1. The molecule has 10 nitrogen and oxygen atoms in total. The number of anilines is 1. The lowest BCUT2D eigenvalue weighted by Crippen LogP contribution is -2.43. The molecule has 5 rings (SSSR count). The number of carbonyl (C=O) groups excluding carboxylic acids is 1. The summed E-state index contributed by atoms with van der Waals surface area (Å²) in [5, 5.41) is 0. The van der Waals surface area contributed by atoms with Crippen molar-refractivity contribution in [1.29, 1.82) is 0 Å². The lowest BCUT2D eigenvalue weighted by molar-refractivity contribution is -0.127. The molecule has 2 aliphatic rings. The number of hydrogen-bond acceptors (Lipinski definition) is 9. The summed E-state index contributed by atoms with van der Waals surface area (Å²) in [6.07, 6.45) is 1.73. The molecule has 12 heteroatoms. The fraction of sp³-hybridized carbons (Fsp3) is 0.414. The maximum atomic E-state index is 14.1. The van der Waals surface area contributed by atoms with E-state index in [0.29, 0.717) is 75.6 Å². The van der Waals surface area contributed by atoms with Gasteiger partial charge in [-0.05, 0) is 54.9 Å². The standard InChI is InChI=1S/C29H33BrN4O6S/c1-6-32(7-2)27(36)24-17(3)31-29-34(25(24)20-14-18(37-4)8-9-22(20)38-5)26(35)23(41-29)16-19-15-21(30)28(40-19)33-10-12-39-13-11-33/h8-9,14-16,25H,6-7,10-13H2,1-5H3/b23-16+/t25-/m0/s1. The van der Waals surface area contributed by atoms with Crippen LogP contribution < -0.4 is 29.3 Å². The molecule has 2 aliphatic heterocycles. The van der Waals surface area contributed by atoms with Crippen LogP contribution >= 0.6 is 27.3 Å². The zero-order valence-electron chi connectivity index (χ0n) is 23.7. The number of furan rings is 1. The van der Waals surface area contributed by atoms with Crippen molar-refractivity contribution >= 4 is 45.1 Å². The van der Waals surface area contributed by atoms with E-state index in [1.165, 1.54) is 11.3 Å². The maximum absolute atomic E-state index is 14.1. The largest absolute Gasteiger partial charge is 0.497 e. The van der Waals surface area contributed by atoms with Gasteiger partial charge in [0.2, 0.25) is 5.88 Å². The second-order valence-corrected chi connectivity index (χ2v) is 11.4. The number of carbonyl (C=O) groups is 1. The van der Waals surface area contributed by atoms with Crippen LogP contribution in [0, 0.1) is 0 Å². The van der Waals surface area contributed by atoms with Crippen molar-refractivity contribution in [3.05, 3.63) is 71.0 Å². The van der Waals surface area contributed by atoms with Gasteiger partial charge in [0.25, 0.3) is 11.5 Å². The Labute approximate surface area is 250 Å².